The molecule has 0 bridgehead atoms. The average Bonchev–Trinajstić information content (AvgIpc) is 3.06. The van der Waals surface area contributed by atoms with Crippen molar-refractivity contribution < 1.29 is 9.53 Å². The Balaban J connectivity index is 1.96. The van der Waals surface area contributed by atoms with Crippen LogP contribution < -0.4 is 26.6 Å². The smallest absolute Gasteiger partial charge is 0.330 e. The van der Waals surface area contributed by atoms with E-state index in [1.54, 1.807) is 11.7 Å². The molecule has 3 aromatic heterocycles. The lowest BCUT2D eigenvalue weighted by atomic mass is 10.2. The van der Waals surface area contributed by atoms with Crippen LogP contribution in [-0.4, -0.2) is 43.4 Å². The van der Waals surface area contributed by atoms with Crippen molar-refractivity contribution in [2.75, 3.05) is 23.8 Å². The Hall–Kier alpha value is -3.63. The van der Waals surface area contributed by atoms with Crippen LogP contribution in [0.5, 0.6) is 5.88 Å². The van der Waals surface area contributed by atoms with Crippen molar-refractivity contribution >= 4 is 28.4 Å². The fraction of sp³-hybridized carbons (Fsp3) is 0.522. The van der Waals surface area contributed by atoms with E-state index >= 15 is 0 Å². The molecule has 0 atom stereocenters. The number of amides is 1. The third-order valence-corrected chi connectivity index (χ3v) is 5.49. The van der Waals surface area contributed by atoms with Crippen molar-refractivity contribution in [3.63, 3.8) is 0 Å². The monoisotopic (exact) mass is 471 g/mol. The highest BCUT2D eigenvalue weighted by Crippen LogP contribution is 2.27. The van der Waals surface area contributed by atoms with E-state index in [4.69, 9.17) is 10.5 Å². The molecular weight excluding hydrogens is 438 g/mol. The lowest BCUT2D eigenvalue weighted by molar-refractivity contribution is -0.120. The van der Waals surface area contributed by atoms with E-state index in [2.05, 4.69) is 15.1 Å². The molecule has 3 aromatic rings. The van der Waals surface area contributed by atoms with Gasteiger partial charge in [-0.3, -0.25) is 19.1 Å². The maximum Gasteiger partial charge on any atom is 0.330 e. The third kappa shape index (κ3) is 4.97. The van der Waals surface area contributed by atoms with Gasteiger partial charge in [-0.1, -0.05) is 27.2 Å². The molecular formula is C23H33N7O4. The SMILES string of the molecule is CCCCn1c(N)c(N(CC(C)C)C(=O)COc2nn(C)c3nc(C)cc(C)c23)c(=O)[nH]c1=O. The number of hydrogen-bond donors (Lipinski definition) is 2. The van der Waals surface area contributed by atoms with Crippen LogP contribution in [0.4, 0.5) is 11.5 Å². The minimum Gasteiger partial charge on any atom is -0.466 e. The Morgan fingerprint density at radius 2 is 2.00 bits per heavy atom. The molecule has 0 spiro atoms. The number of aromatic amines is 1. The number of aromatic nitrogens is 5. The molecule has 0 fully saturated rings. The van der Waals surface area contributed by atoms with Gasteiger partial charge in [-0.15, -0.1) is 5.10 Å². The van der Waals surface area contributed by atoms with Gasteiger partial charge in [0.25, 0.3) is 11.5 Å². The number of fused-ring (bicyclic) bond motifs is 1. The number of carbonyl (C=O) groups is 1. The quantitative estimate of drug-likeness (QED) is 0.485. The molecule has 3 rings (SSSR count). The standard InChI is InChI=1S/C23H33N7O4/c1-7-8-9-29-19(24)18(21(32)26-23(29)33)30(11-13(2)3)16(31)12-34-22-17-14(4)10-15(5)25-20(17)28(6)27-22/h10,13H,7-9,11-12,24H2,1-6H3,(H,26,32,33). The van der Waals surface area contributed by atoms with Crippen LogP contribution in [0.3, 0.4) is 0 Å². The second-order valence-corrected chi connectivity index (χ2v) is 8.89. The van der Waals surface area contributed by atoms with E-state index < -0.39 is 17.2 Å². The molecule has 0 aliphatic heterocycles. The Morgan fingerprint density at radius 3 is 2.65 bits per heavy atom. The predicted molar refractivity (Wildman–Crippen MR) is 131 cm³/mol. The number of hydrogen-bond acceptors (Lipinski definition) is 7. The molecule has 3 heterocycles. The van der Waals surface area contributed by atoms with Gasteiger partial charge >= 0.3 is 5.69 Å². The summed E-state index contributed by atoms with van der Waals surface area (Å²) in [7, 11) is 1.76. The lowest BCUT2D eigenvalue weighted by Gasteiger charge is -2.26. The summed E-state index contributed by atoms with van der Waals surface area (Å²) in [6.45, 7) is 9.86. The van der Waals surface area contributed by atoms with Crippen molar-refractivity contribution in [2.24, 2.45) is 13.0 Å². The lowest BCUT2D eigenvalue weighted by Crippen LogP contribution is -2.44. The topological polar surface area (TPSA) is 141 Å². The van der Waals surface area contributed by atoms with Gasteiger partial charge in [0.05, 0.1) is 5.39 Å². The number of unbranched alkanes of at least 4 members (excludes halogenated alkanes) is 1. The summed E-state index contributed by atoms with van der Waals surface area (Å²) in [5.41, 5.74) is 7.34. The van der Waals surface area contributed by atoms with Crippen LogP contribution >= 0.6 is 0 Å². The van der Waals surface area contributed by atoms with Gasteiger partial charge in [-0.05, 0) is 37.8 Å². The number of nitrogens with two attached hydrogens (primary N) is 1. The normalized spacial score (nSPS) is 11.4. The fourth-order valence-corrected chi connectivity index (χ4v) is 3.92. The first-order chi connectivity index (χ1) is 16.0. The van der Waals surface area contributed by atoms with Crippen LogP contribution in [0.2, 0.25) is 0 Å². The van der Waals surface area contributed by atoms with Crippen LogP contribution in [0.1, 0.15) is 44.9 Å². The molecule has 11 nitrogen and oxygen atoms in total. The molecule has 0 unspecified atom stereocenters. The zero-order valence-corrected chi connectivity index (χ0v) is 20.6. The number of H-pyrrole nitrogens is 1. The molecule has 3 N–H and O–H groups in total. The molecule has 184 valence electrons. The highest BCUT2D eigenvalue weighted by molar-refractivity contribution is 5.97. The Kier molecular flexibility index (Phi) is 7.43. The number of anilines is 2. The van der Waals surface area contributed by atoms with Gasteiger partial charge in [0.2, 0.25) is 5.88 Å². The van der Waals surface area contributed by atoms with Crippen molar-refractivity contribution in [3.05, 3.63) is 38.2 Å². The molecule has 34 heavy (non-hydrogen) atoms. The molecule has 11 heteroatoms. The molecule has 0 radical (unpaired) electrons. The second kappa shape index (κ2) is 10.1. The fourth-order valence-electron chi connectivity index (χ4n) is 3.92. The van der Waals surface area contributed by atoms with Crippen LogP contribution in [0.15, 0.2) is 15.7 Å². The number of aryl methyl sites for hydroxylation is 3. The molecule has 0 aromatic carbocycles. The van der Waals surface area contributed by atoms with Crippen molar-refractivity contribution in [2.45, 2.75) is 54.0 Å². The maximum absolute atomic E-state index is 13.3. The van der Waals surface area contributed by atoms with E-state index in [-0.39, 0.29) is 36.5 Å². The van der Waals surface area contributed by atoms with Crippen LogP contribution in [0.25, 0.3) is 11.0 Å². The highest BCUT2D eigenvalue weighted by Gasteiger charge is 2.26. The van der Waals surface area contributed by atoms with Gasteiger partial charge in [-0.2, -0.15) is 0 Å². The third-order valence-electron chi connectivity index (χ3n) is 5.49. The molecule has 0 saturated carbocycles. The summed E-state index contributed by atoms with van der Waals surface area (Å²) in [5, 5.41) is 5.10. The van der Waals surface area contributed by atoms with Gasteiger partial charge in [-0.25, -0.2) is 14.5 Å². The van der Waals surface area contributed by atoms with Gasteiger partial charge in [0.1, 0.15) is 5.82 Å². The van der Waals surface area contributed by atoms with Crippen molar-refractivity contribution in [1.82, 2.24) is 24.3 Å². The number of carbonyl (C=O) groups excluding carboxylic acids is 1. The number of ether oxygens (including phenoxy) is 1. The molecule has 0 saturated heterocycles. The Morgan fingerprint density at radius 1 is 1.29 bits per heavy atom. The predicted octanol–water partition coefficient (Wildman–Crippen LogP) is 1.89. The van der Waals surface area contributed by atoms with E-state index in [0.717, 1.165) is 23.1 Å². The van der Waals surface area contributed by atoms with Gasteiger partial charge < -0.3 is 15.4 Å². The van der Waals surface area contributed by atoms with E-state index in [9.17, 15) is 14.4 Å². The van der Waals surface area contributed by atoms with E-state index in [1.165, 1.54) is 9.47 Å². The van der Waals surface area contributed by atoms with Crippen LogP contribution in [0, 0.1) is 19.8 Å². The zero-order chi connectivity index (χ0) is 25.2. The summed E-state index contributed by atoms with van der Waals surface area (Å²) in [5.74, 6) is -0.183. The Labute approximate surface area is 197 Å². The Bertz CT molecular complexity index is 1320. The first-order valence-electron chi connectivity index (χ1n) is 11.4. The average molecular weight is 472 g/mol. The van der Waals surface area contributed by atoms with Crippen molar-refractivity contribution in [3.8, 4) is 5.88 Å². The molecule has 1 amide bonds. The second-order valence-electron chi connectivity index (χ2n) is 8.89. The molecule has 0 aliphatic rings. The number of nitrogen functional groups attached to an aromatic ring is 1. The summed E-state index contributed by atoms with van der Waals surface area (Å²) in [4.78, 5) is 46.4. The summed E-state index contributed by atoms with van der Waals surface area (Å²) in [6, 6.07) is 1.92. The van der Waals surface area contributed by atoms with Crippen molar-refractivity contribution in [1.29, 1.82) is 0 Å². The van der Waals surface area contributed by atoms with E-state index in [0.29, 0.717) is 18.6 Å². The summed E-state index contributed by atoms with van der Waals surface area (Å²) >= 11 is 0. The zero-order valence-electron chi connectivity index (χ0n) is 20.6. The summed E-state index contributed by atoms with van der Waals surface area (Å²) in [6.07, 6.45) is 1.55. The minimum absolute atomic E-state index is 0.0314. The molecule has 0 aliphatic carbocycles. The largest absolute Gasteiger partial charge is 0.466 e. The maximum atomic E-state index is 13.3. The first-order valence-corrected chi connectivity index (χ1v) is 11.4. The number of rotatable bonds is 9. The van der Waals surface area contributed by atoms with E-state index in [1.807, 2.05) is 40.7 Å². The first kappa shape index (κ1) is 25.0. The summed E-state index contributed by atoms with van der Waals surface area (Å²) < 4.78 is 8.72. The minimum atomic E-state index is -0.706. The number of pyridine rings is 1. The highest BCUT2D eigenvalue weighted by atomic mass is 16.5. The van der Waals surface area contributed by atoms with Gasteiger partial charge in [0.15, 0.2) is 17.9 Å². The number of nitrogens with zero attached hydrogens (tertiary/aromatic N) is 5. The van der Waals surface area contributed by atoms with Crippen LogP contribution in [-0.2, 0) is 18.4 Å². The van der Waals surface area contributed by atoms with Gasteiger partial charge in [0, 0.05) is 25.8 Å². The number of nitrogens with one attached hydrogen (secondary N) is 1.